The van der Waals surface area contributed by atoms with Crippen LogP contribution in [0, 0.1) is 0 Å². The summed E-state index contributed by atoms with van der Waals surface area (Å²) < 4.78 is 0. The Morgan fingerprint density at radius 3 is 1.52 bits per heavy atom. The van der Waals surface area contributed by atoms with Gasteiger partial charge in [-0.1, -0.05) is 224 Å². The van der Waals surface area contributed by atoms with Gasteiger partial charge in [-0.2, -0.15) is 0 Å². The van der Waals surface area contributed by atoms with E-state index in [-0.39, 0.29) is 0 Å². The lowest BCUT2D eigenvalue weighted by molar-refractivity contribution is 0.794. The Morgan fingerprint density at radius 2 is 0.761 bits per heavy atom. The monoisotopic (exact) mass is 849 g/mol. The van der Waals surface area contributed by atoms with E-state index in [1.54, 1.807) is 0 Å². The van der Waals surface area contributed by atoms with E-state index >= 15 is 0 Å². The average molecular weight is 850 g/mol. The van der Waals surface area contributed by atoms with Crippen molar-refractivity contribution in [3.05, 3.63) is 259 Å². The molecule has 12 aromatic rings. The first kappa shape index (κ1) is 37.6. The summed E-state index contributed by atoms with van der Waals surface area (Å²) in [6, 6.07) is 85.7. The second-order valence-electron chi connectivity index (χ2n) is 17.8. The molecule has 0 N–H and O–H groups in total. The minimum atomic E-state index is -0.480. The van der Waals surface area contributed by atoms with E-state index in [2.05, 4.69) is 237 Å². The molecular formula is C64H39N3. The van der Waals surface area contributed by atoms with Crippen molar-refractivity contribution in [1.82, 2.24) is 15.0 Å². The van der Waals surface area contributed by atoms with Crippen molar-refractivity contribution in [2.75, 3.05) is 0 Å². The highest BCUT2D eigenvalue weighted by Gasteiger charge is 2.52. The summed E-state index contributed by atoms with van der Waals surface area (Å²) in [7, 11) is 0. The number of fused-ring (bicyclic) bond motifs is 14. The fraction of sp³-hybridized carbons (Fsp3) is 0.0156. The fourth-order valence-electron chi connectivity index (χ4n) is 11.5. The van der Waals surface area contributed by atoms with Gasteiger partial charge in [-0.3, -0.25) is 0 Å². The standard InChI is InChI=1S/C64H39N3/c1-2-16-40(17-3-1)44-20-14-21-46(38-44)62-65-61(43-34-32-42(33-35-43)59-48-23-7-5-19-45(48)39-54-47-22-6-4-18-41(47)36-37-51(54)59)66-63(67-62)53-27-15-31-58-60(53)52-26-10-13-30-57(52)64(58)55-28-11-8-24-49(55)50-25-9-12-29-56(50)64/h1-39H. The maximum atomic E-state index is 5.45. The molecule has 3 nitrogen and oxygen atoms in total. The molecule has 0 amide bonds. The van der Waals surface area contributed by atoms with Crippen molar-refractivity contribution in [1.29, 1.82) is 0 Å². The summed E-state index contributed by atoms with van der Waals surface area (Å²) in [6.45, 7) is 0. The second kappa shape index (κ2) is 14.6. The van der Waals surface area contributed by atoms with Crippen LogP contribution in [0.4, 0.5) is 0 Å². The molecule has 1 aromatic heterocycles. The first-order valence-corrected chi connectivity index (χ1v) is 23.0. The van der Waals surface area contributed by atoms with Crippen LogP contribution in [0.5, 0.6) is 0 Å². The average Bonchev–Trinajstić information content (AvgIpc) is 3.88. The largest absolute Gasteiger partial charge is 0.208 e. The van der Waals surface area contributed by atoms with Crippen LogP contribution in [0.15, 0.2) is 237 Å². The lowest BCUT2D eigenvalue weighted by Gasteiger charge is -2.30. The number of rotatable bonds is 5. The van der Waals surface area contributed by atoms with Gasteiger partial charge in [-0.25, -0.2) is 15.0 Å². The SMILES string of the molecule is c1ccc(-c2cccc(-c3nc(-c4ccc(-c5c6ccccc6cc6c5ccc5ccccc56)cc4)nc(-c4cccc5c4-c4ccccc4C54c5ccccc5-c5ccccc54)n3)c2)cc1. The summed E-state index contributed by atoms with van der Waals surface area (Å²) in [6.07, 6.45) is 0. The van der Waals surface area contributed by atoms with Gasteiger partial charge in [-0.15, -0.1) is 0 Å². The third-order valence-corrected chi connectivity index (χ3v) is 14.3. The van der Waals surface area contributed by atoms with E-state index in [9.17, 15) is 0 Å². The van der Waals surface area contributed by atoms with Gasteiger partial charge in [0.15, 0.2) is 17.5 Å². The van der Waals surface area contributed by atoms with E-state index < -0.39 is 5.41 Å². The topological polar surface area (TPSA) is 38.7 Å². The van der Waals surface area contributed by atoms with Crippen LogP contribution in [0.25, 0.3) is 111 Å². The van der Waals surface area contributed by atoms with Crippen molar-refractivity contribution in [2.24, 2.45) is 0 Å². The Balaban J connectivity index is 0.980. The predicted octanol–water partition coefficient (Wildman–Crippen LogP) is 16.0. The molecule has 0 saturated heterocycles. The summed E-state index contributed by atoms with van der Waals surface area (Å²) in [4.78, 5) is 16.2. The number of aromatic nitrogens is 3. The molecular weight excluding hydrogens is 811 g/mol. The molecule has 1 heterocycles. The number of nitrogens with zero attached hydrogens (tertiary/aromatic N) is 3. The van der Waals surface area contributed by atoms with Gasteiger partial charge in [0, 0.05) is 16.7 Å². The molecule has 0 fully saturated rings. The first-order chi connectivity index (χ1) is 33.2. The van der Waals surface area contributed by atoms with Crippen molar-refractivity contribution < 1.29 is 0 Å². The van der Waals surface area contributed by atoms with Gasteiger partial charge >= 0.3 is 0 Å². The molecule has 0 atom stereocenters. The van der Waals surface area contributed by atoms with Gasteiger partial charge in [0.05, 0.1) is 5.41 Å². The zero-order chi connectivity index (χ0) is 44.1. The number of hydrogen-bond acceptors (Lipinski definition) is 3. The van der Waals surface area contributed by atoms with E-state index in [1.807, 2.05) is 0 Å². The Labute approximate surface area is 388 Å². The molecule has 0 bridgehead atoms. The van der Waals surface area contributed by atoms with Crippen molar-refractivity contribution >= 4 is 32.3 Å². The molecule has 1 spiro atoms. The zero-order valence-electron chi connectivity index (χ0n) is 36.4. The van der Waals surface area contributed by atoms with Crippen LogP contribution >= 0.6 is 0 Å². The van der Waals surface area contributed by atoms with Gasteiger partial charge in [0.25, 0.3) is 0 Å². The third-order valence-electron chi connectivity index (χ3n) is 14.3. The minimum Gasteiger partial charge on any atom is -0.208 e. The van der Waals surface area contributed by atoms with Crippen LogP contribution in [-0.4, -0.2) is 15.0 Å². The van der Waals surface area contributed by atoms with E-state index in [1.165, 1.54) is 76.8 Å². The maximum absolute atomic E-state index is 5.45. The highest BCUT2D eigenvalue weighted by molar-refractivity contribution is 6.20. The first-order valence-electron chi connectivity index (χ1n) is 23.0. The summed E-state index contributed by atoms with van der Waals surface area (Å²) in [5, 5.41) is 7.43. The Morgan fingerprint density at radius 1 is 0.239 bits per heavy atom. The molecule has 0 aliphatic heterocycles. The number of hydrogen-bond donors (Lipinski definition) is 0. The van der Waals surface area contributed by atoms with E-state index in [4.69, 9.17) is 15.0 Å². The van der Waals surface area contributed by atoms with Crippen LogP contribution in [0.1, 0.15) is 22.3 Å². The van der Waals surface area contributed by atoms with Crippen molar-refractivity contribution in [3.63, 3.8) is 0 Å². The van der Waals surface area contributed by atoms with Gasteiger partial charge in [0.1, 0.15) is 0 Å². The molecule has 3 heteroatoms. The van der Waals surface area contributed by atoms with Gasteiger partial charge in [0.2, 0.25) is 0 Å². The Hall–Kier alpha value is -8.79. The normalized spacial score (nSPS) is 12.9. The van der Waals surface area contributed by atoms with Gasteiger partial charge in [-0.05, 0) is 111 Å². The second-order valence-corrected chi connectivity index (χ2v) is 17.8. The minimum absolute atomic E-state index is 0.480. The lowest BCUT2D eigenvalue weighted by atomic mass is 9.70. The predicted molar refractivity (Wildman–Crippen MR) is 276 cm³/mol. The molecule has 14 rings (SSSR count). The Kier molecular flexibility index (Phi) is 8.20. The lowest BCUT2D eigenvalue weighted by Crippen LogP contribution is -2.25. The van der Waals surface area contributed by atoms with Crippen LogP contribution in [0.2, 0.25) is 0 Å². The summed E-state index contributed by atoms with van der Waals surface area (Å²) >= 11 is 0. The molecule has 0 radical (unpaired) electrons. The number of benzene rings is 11. The summed E-state index contributed by atoms with van der Waals surface area (Å²) in [5.41, 5.74) is 17.0. The van der Waals surface area contributed by atoms with E-state index in [0.717, 1.165) is 38.9 Å². The highest BCUT2D eigenvalue weighted by Crippen LogP contribution is 2.63. The van der Waals surface area contributed by atoms with Crippen molar-refractivity contribution in [2.45, 2.75) is 5.41 Å². The highest BCUT2D eigenvalue weighted by atomic mass is 15.0. The third kappa shape index (κ3) is 5.55. The molecule has 310 valence electrons. The van der Waals surface area contributed by atoms with Crippen LogP contribution < -0.4 is 0 Å². The van der Waals surface area contributed by atoms with Crippen molar-refractivity contribution in [3.8, 4) is 78.7 Å². The fourth-order valence-corrected chi connectivity index (χ4v) is 11.5. The van der Waals surface area contributed by atoms with E-state index in [0.29, 0.717) is 17.5 Å². The molecule has 11 aromatic carbocycles. The van der Waals surface area contributed by atoms with Gasteiger partial charge < -0.3 is 0 Å². The molecule has 2 aliphatic carbocycles. The molecule has 67 heavy (non-hydrogen) atoms. The van der Waals surface area contributed by atoms with Crippen LogP contribution in [0.3, 0.4) is 0 Å². The molecule has 0 saturated carbocycles. The zero-order valence-corrected chi connectivity index (χ0v) is 36.4. The van der Waals surface area contributed by atoms with Crippen LogP contribution in [-0.2, 0) is 5.41 Å². The summed E-state index contributed by atoms with van der Waals surface area (Å²) in [5.74, 6) is 1.90. The smallest absolute Gasteiger partial charge is 0.164 e. The molecule has 2 aliphatic rings. The Bertz CT molecular complexity index is 3940. The maximum Gasteiger partial charge on any atom is 0.164 e. The molecule has 0 unspecified atom stereocenters. The quantitative estimate of drug-likeness (QED) is 0.128.